The van der Waals surface area contributed by atoms with Crippen molar-refractivity contribution in [3.05, 3.63) is 53.0 Å². The monoisotopic (exact) mass is 440 g/mol. The average molecular weight is 440 g/mol. The van der Waals surface area contributed by atoms with Crippen molar-refractivity contribution in [3.8, 4) is 11.5 Å². The van der Waals surface area contributed by atoms with Crippen LogP contribution in [0.2, 0.25) is 0 Å². The number of aryl methyl sites for hydroxylation is 1. The minimum atomic E-state index is -0.799. The molecule has 0 spiro atoms. The Morgan fingerprint density at radius 2 is 1.81 bits per heavy atom. The molecular formula is C24H28N2O6. The quantitative estimate of drug-likeness (QED) is 0.402. The van der Waals surface area contributed by atoms with Gasteiger partial charge in [0.15, 0.2) is 11.5 Å². The zero-order valence-corrected chi connectivity index (χ0v) is 18.6. The van der Waals surface area contributed by atoms with Gasteiger partial charge >= 0.3 is 0 Å². The molecule has 4 rings (SSSR count). The third-order valence-corrected chi connectivity index (χ3v) is 5.94. The lowest BCUT2D eigenvalue weighted by molar-refractivity contribution is -0.140. The van der Waals surface area contributed by atoms with E-state index in [1.54, 1.807) is 37.3 Å². The van der Waals surface area contributed by atoms with E-state index in [1.807, 2.05) is 13.8 Å². The molecule has 0 saturated carbocycles. The maximum absolute atomic E-state index is 13.1. The van der Waals surface area contributed by atoms with Crippen LogP contribution in [-0.2, 0) is 9.59 Å². The molecule has 1 saturated heterocycles. The number of ether oxygens (including phenoxy) is 2. The summed E-state index contributed by atoms with van der Waals surface area (Å²) in [5, 5.41) is 11.2. The maximum Gasteiger partial charge on any atom is 0.295 e. The molecule has 2 aliphatic heterocycles. The number of benzene rings is 1. The third kappa shape index (κ3) is 3.98. The molecule has 8 heteroatoms. The number of likely N-dealkylation sites (N-methyl/N-ethyl adjacent to an activating group) is 1. The lowest BCUT2D eigenvalue weighted by Gasteiger charge is -2.26. The van der Waals surface area contributed by atoms with Gasteiger partial charge < -0.3 is 28.8 Å². The van der Waals surface area contributed by atoms with Crippen molar-refractivity contribution in [2.24, 2.45) is 0 Å². The molecule has 1 aromatic heterocycles. The van der Waals surface area contributed by atoms with Crippen molar-refractivity contribution < 1.29 is 28.6 Å². The number of aliphatic hydroxyl groups excluding tert-OH is 1. The van der Waals surface area contributed by atoms with E-state index in [1.165, 1.54) is 4.90 Å². The lowest BCUT2D eigenvalue weighted by Crippen LogP contribution is -2.37. The number of hydrogen-bond donors (Lipinski definition) is 1. The van der Waals surface area contributed by atoms with E-state index >= 15 is 0 Å². The number of fused-ring (bicyclic) bond motifs is 1. The summed E-state index contributed by atoms with van der Waals surface area (Å²) in [5.74, 6) is 0.539. The molecule has 3 heterocycles. The topological polar surface area (TPSA) is 92.5 Å². The summed E-state index contributed by atoms with van der Waals surface area (Å²) in [4.78, 5) is 29.7. The summed E-state index contributed by atoms with van der Waals surface area (Å²) in [6.07, 6.45) is 0. The van der Waals surface area contributed by atoms with Crippen LogP contribution in [-0.4, -0.2) is 66.0 Å². The second-order valence-corrected chi connectivity index (χ2v) is 7.83. The number of hydrogen-bond acceptors (Lipinski definition) is 7. The first kappa shape index (κ1) is 22.0. The van der Waals surface area contributed by atoms with Crippen molar-refractivity contribution in [1.82, 2.24) is 9.80 Å². The summed E-state index contributed by atoms with van der Waals surface area (Å²) < 4.78 is 17.0. The fourth-order valence-electron chi connectivity index (χ4n) is 4.14. The standard InChI is InChI=1S/C24H28N2O6/c1-4-25(5-2)10-11-26-21(18-8-6-15(3)32-18)20(23(28)24(26)29)22(27)16-7-9-17-19(14-16)31-13-12-30-17/h6-9,14,21,27H,4-5,10-13H2,1-3H3/b22-20+. The molecule has 2 aliphatic rings. The number of carbonyl (C=O) groups excluding carboxylic acids is 2. The molecule has 32 heavy (non-hydrogen) atoms. The van der Waals surface area contributed by atoms with E-state index in [0.717, 1.165) is 13.1 Å². The van der Waals surface area contributed by atoms with E-state index in [9.17, 15) is 14.7 Å². The Labute approximate surface area is 187 Å². The number of furan rings is 1. The molecule has 1 aromatic carbocycles. The average Bonchev–Trinajstić information content (AvgIpc) is 3.34. The molecule has 1 fully saturated rings. The number of aliphatic hydroxyl groups is 1. The highest BCUT2D eigenvalue weighted by atomic mass is 16.6. The minimum absolute atomic E-state index is 0.0144. The molecule has 2 aromatic rings. The van der Waals surface area contributed by atoms with E-state index in [0.29, 0.717) is 54.9 Å². The Morgan fingerprint density at radius 3 is 2.47 bits per heavy atom. The largest absolute Gasteiger partial charge is 0.507 e. The first-order valence-electron chi connectivity index (χ1n) is 10.9. The van der Waals surface area contributed by atoms with E-state index in [-0.39, 0.29) is 11.3 Å². The molecule has 1 atom stereocenters. The van der Waals surface area contributed by atoms with Crippen LogP contribution in [0, 0.1) is 6.92 Å². The number of Topliss-reactive ketones (excluding diaryl/α,β-unsaturated/α-hetero) is 1. The van der Waals surface area contributed by atoms with E-state index in [4.69, 9.17) is 13.9 Å². The van der Waals surface area contributed by atoms with E-state index < -0.39 is 17.7 Å². The number of likely N-dealkylation sites (tertiary alicyclic amines) is 1. The highest BCUT2D eigenvalue weighted by Gasteiger charge is 2.47. The smallest absolute Gasteiger partial charge is 0.295 e. The Bertz CT molecular complexity index is 1050. The Morgan fingerprint density at radius 1 is 1.09 bits per heavy atom. The predicted molar refractivity (Wildman–Crippen MR) is 118 cm³/mol. The van der Waals surface area contributed by atoms with Crippen molar-refractivity contribution in [2.45, 2.75) is 26.8 Å². The van der Waals surface area contributed by atoms with Gasteiger partial charge in [0.25, 0.3) is 11.7 Å². The van der Waals surface area contributed by atoms with Crippen LogP contribution in [0.15, 0.2) is 40.3 Å². The SMILES string of the molecule is CCN(CC)CCN1C(=O)C(=O)/C(=C(/O)c2ccc3c(c2)OCCO3)C1c1ccc(C)o1. The van der Waals surface area contributed by atoms with Crippen LogP contribution in [0.25, 0.3) is 5.76 Å². The normalized spacial score (nSPS) is 19.8. The summed E-state index contributed by atoms with van der Waals surface area (Å²) in [7, 11) is 0. The maximum atomic E-state index is 13.1. The molecule has 0 bridgehead atoms. The van der Waals surface area contributed by atoms with Crippen LogP contribution in [0.1, 0.15) is 37.0 Å². The fraction of sp³-hybridized carbons (Fsp3) is 0.417. The zero-order chi connectivity index (χ0) is 22.8. The van der Waals surface area contributed by atoms with Gasteiger partial charge in [0.2, 0.25) is 0 Å². The third-order valence-electron chi connectivity index (χ3n) is 5.94. The second kappa shape index (κ2) is 9.08. The zero-order valence-electron chi connectivity index (χ0n) is 18.6. The highest BCUT2D eigenvalue weighted by Crippen LogP contribution is 2.41. The Balaban J connectivity index is 1.76. The molecule has 1 N–H and O–H groups in total. The van der Waals surface area contributed by atoms with Gasteiger partial charge in [-0.1, -0.05) is 13.8 Å². The van der Waals surface area contributed by atoms with Crippen LogP contribution in [0.4, 0.5) is 0 Å². The van der Waals surface area contributed by atoms with Gasteiger partial charge in [-0.3, -0.25) is 9.59 Å². The Hall–Kier alpha value is -3.26. The molecular weight excluding hydrogens is 412 g/mol. The summed E-state index contributed by atoms with van der Waals surface area (Å²) >= 11 is 0. The van der Waals surface area contributed by atoms with Gasteiger partial charge in [-0.2, -0.15) is 0 Å². The first-order chi connectivity index (χ1) is 15.4. The van der Waals surface area contributed by atoms with E-state index in [2.05, 4.69) is 4.90 Å². The van der Waals surface area contributed by atoms with Gasteiger partial charge in [-0.15, -0.1) is 0 Å². The molecule has 0 radical (unpaired) electrons. The summed E-state index contributed by atoms with van der Waals surface area (Å²) in [5.41, 5.74) is 0.393. The molecule has 1 amide bonds. The van der Waals surface area contributed by atoms with Crippen LogP contribution >= 0.6 is 0 Å². The Kier molecular flexibility index (Phi) is 6.23. The second-order valence-electron chi connectivity index (χ2n) is 7.83. The van der Waals surface area contributed by atoms with Crippen molar-refractivity contribution >= 4 is 17.4 Å². The fourth-order valence-corrected chi connectivity index (χ4v) is 4.14. The van der Waals surface area contributed by atoms with Crippen LogP contribution in [0.5, 0.6) is 11.5 Å². The summed E-state index contributed by atoms with van der Waals surface area (Å²) in [6.45, 7) is 9.37. The molecule has 170 valence electrons. The number of rotatable bonds is 7. The van der Waals surface area contributed by atoms with Gasteiger partial charge in [-0.25, -0.2) is 0 Å². The van der Waals surface area contributed by atoms with Gasteiger partial charge in [0.05, 0.1) is 5.57 Å². The molecule has 0 aliphatic carbocycles. The van der Waals surface area contributed by atoms with Crippen molar-refractivity contribution in [3.63, 3.8) is 0 Å². The number of nitrogens with zero attached hydrogens (tertiary/aromatic N) is 2. The number of carbonyl (C=O) groups is 2. The minimum Gasteiger partial charge on any atom is -0.507 e. The van der Waals surface area contributed by atoms with Gasteiger partial charge in [0, 0.05) is 18.7 Å². The van der Waals surface area contributed by atoms with Crippen molar-refractivity contribution in [2.75, 3.05) is 39.4 Å². The van der Waals surface area contributed by atoms with Gasteiger partial charge in [0.1, 0.15) is 36.5 Å². The number of ketones is 1. The highest BCUT2D eigenvalue weighted by molar-refractivity contribution is 6.46. The summed E-state index contributed by atoms with van der Waals surface area (Å²) in [6, 6.07) is 7.69. The lowest BCUT2D eigenvalue weighted by atomic mass is 9.99. The van der Waals surface area contributed by atoms with Gasteiger partial charge in [-0.05, 0) is 50.3 Å². The van der Waals surface area contributed by atoms with Crippen LogP contribution in [0.3, 0.4) is 0 Å². The van der Waals surface area contributed by atoms with Crippen LogP contribution < -0.4 is 9.47 Å². The number of amides is 1. The van der Waals surface area contributed by atoms with Crippen molar-refractivity contribution in [1.29, 1.82) is 0 Å². The molecule has 8 nitrogen and oxygen atoms in total. The first-order valence-corrected chi connectivity index (χ1v) is 10.9. The molecule has 1 unspecified atom stereocenters. The predicted octanol–water partition coefficient (Wildman–Crippen LogP) is 3.12.